The van der Waals surface area contributed by atoms with Gasteiger partial charge in [0.15, 0.2) is 5.82 Å². The van der Waals surface area contributed by atoms with Crippen molar-refractivity contribution < 1.29 is 13.9 Å². The van der Waals surface area contributed by atoms with E-state index in [1.165, 1.54) is 12.3 Å². The van der Waals surface area contributed by atoms with Gasteiger partial charge < -0.3 is 4.74 Å². The number of carbonyl (C=O) groups is 1. The summed E-state index contributed by atoms with van der Waals surface area (Å²) in [5, 5.41) is 7.99. The van der Waals surface area contributed by atoms with Crippen LogP contribution in [0.25, 0.3) is 5.69 Å². The van der Waals surface area contributed by atoms with Crippen LogP contribution in [0.15, 0.2) is 55.0 Å². The molecule has 1 unspecified atom stereocenters. The third-order valence-electron chi connectivity index (χ3n) is 3.22. The second-order valence-electron chi connectivity index (χ2n) is 4.83. The normalized spacial score (nSPS) is 11.9. The zero-order chi connectivity index (χ0) is 16.2. The lowest BCUT2D eigenvalue weighted by Gasteiger charge is -2.10. The fourth-order valence-electron chi connectivity index (χ4n) is 2.00. The van der Waals surface area contributed by atoms with Gasteiger partial charge in [-0.25, -0.2) is 13.9 Å². The Balaban J connectivity index is 1.74. The van der Waals surface area contributed by atoms with Crippen LogP contribution in [0.4, 0.5) is 4.39 Å². The van der Waals surface area contributed by atoms with Gasteiger partial charge in [-0.3, -0.25) is 4.98 Å². The molecule has 23 heavy (non-hydrogen) atoms. The molecule has 0 spiro atoms. The molecule has 2 heterocycles. The largest absolute Gasteiger partial charge is 0.452 e. The number of para-hydroxylation sites is 1. The first-order valence-electron chi connectivity index (χ1n) is 6.93. The Bertz CT molecular complexity index is 820. The fourth-order valence-corrected chi connectivity index (χ4v) is 2.00. The first-order valence-corrected chi connectivity index (χ1v) is 6.93. The smallest absolute Gasteiger partial charge is 0.341 e. The highest BCUT2D eigenvalue weighted by Gasteiger charge is 2.19. The zero-order valence-electron chi connectivity index (χ0n) is 12.3. The summed E-state index contributed by atoms with van der Waals surface area (Å²) >= 11 is 0. The van der Waals surface area contributed by atoms with Crippen molar-refractivity contribution in [3.05, 3.63) is 72.1 Å². The molecule has 0 saturated heterocycles. The van der Waals surface area contributed by atoms with Crippen LogP contribution >= 0.6 is 0 Å². The standard InChI is InChI=1S/C16H13FN4O2/c1-11(23-16(22)13-7-8-18-9-14(13)17)15-10-21(20-19-15)12-5-3-2-4-6-12/h2-11H,1H3. The Hall–Kier alpha value is -3.09. The van der Waals surface area contributed by atoms with Crippen molar-refractivity contribution in [2.24, 2.45) is 0 Å². The van der Waals surface area contributed by atoms with Crippen LogP contribution in [-0.2, 0) is 4.74 Å². The Kier molecular flexibility index (Phi) is 4.09. The summed E-state index contributed by atoms with van der Waals surface area (Å²) in [7, 11) is 0. The molecule has 2 aromatic heterocycles. The van der Waals surface area contributed by atoms with Crippen LogP contribution in [0.1, 0.15) is 29.1 Å². The van der Waals surface area contributed by atoms with E-state index in [4.69, 9.17) is 4.74 Å². The Morgan fingerprint density at radius 3 is 2.78 bits per heavy atom. The van der Waals surface area contributed by atoms with Crippen LogP contribution in [0.5, 0.6) is 0 Å². The minimum absolute atomic E-state index is 0.165. The summed E-state index contributed by atoms with van der Waals surface area (Å²) in [6.45, 7) is 1.65. The van der Waals surface area contributed by atoms with E-state index in [9.17, 15) is 9.18 Å². The maximum atomic E-state index is 13.5. The number of hydrogen-bond acceptors (Lipinski definition) is 5. The number of carbonyl (C=O) groups excluding carboxylic acids is 1. The van der Waals surface area contributed by atoms with Crippen LogP contribution in [-0.4, -0.2) is 25.9 Å². The second-order valence-corrected chi connectivity index (χ2v) is 4.83. The molecule has 6 nitrogen and oxygen atoms in total. The van der Waals surface area contributed by atoms with E-state index in [0.29, 0.717) is 5.69 Å². The summed E-state index contributed by atoms with van der Waals surface area (Å²) in [6.07, 6.45) is 3.30. The van der Waals surface area contributed by atoms with E-state index in [1.807, 2.05) is 30.3 Å². The van der Waals surface area contributed by atoms with Crippen LogP contribution < -0.4 is 0 Å². The molecule has 0 N–H and O–H groups in total. The Morgan fingerprint density at radius 1 is 1.26 bits per heavy atom. The van der Waals surface area contributed by atoms with Crippen molar-refractivity contribution in [3.63, 3.8) is 0 Å². The van der Waals surface area contributed by atoms with Crippen molar-refractivity contribution in [1.29, 1.82) is 0 Å². The number of benzene rings is 1. The number of nitrogens with zero attached hydrogens (tertiary/aromatic N) is 4. The number of esters is 1. The molecule has 0 amide bonds. The van der Waals surface area contributed by atoms with Gasteiger partial charge in [0, 0.05) is 6.20 Å². The third-order valence-corrected chi connectivity index (χ3v) is 3.22. The van der Waals surface area contributed by atoms with Crippen molar-refractivity contribution in [3.8, 4) is 5.69 Å². The Labute approximate surface area is 131 Å². The lowest BCUT2D eigenvalue weighted by Crippen LogP contribution is -2.11. The quantitative estimate of drug-likeness (QED) is 0.693. The van der Waals surface area contributed by atoms with Gasteiger partial charge in [0.25, 0.3) is 0 Å². The summed E-state index contributed by atoms with van der Waals surface area (Å²) < 4.78 is 20.3. The minimum atomic E-state index is -0.772. The van der Waals surface area contributed by atoms with Gasteiger partial charge in [0.05, 0.1) is 23.6 Å². The number of rotatable bonds is 4. The summed E-state index contributed by atoms with van der Waals surface area (Å²) in [5.74, 6) is -1.50. The molecule has 3 rings (SSSR count). The van der Waals surface area contributed by atoms with Crippen LogP contribution in [0.2, 0.25) is 0 Å². The van der Waals surface area contributed by atoms with E-state index in [2.05, 4.69) is 15.3 Å². The number of hydrogen-bond donors (Lipinski definition) is 0. The van der Waals surface area contributed by atoms with Gasteiger partial charge >= 0.3 is 5.97 Å². The zero-order valence-corrected chi connectivity index (χ0v) is 12.3. The summed E-state index contributed by atoms with van der Waals surface area (Å²) in [5.41, 5.74) is 1.14. The topological polar surface area (TPSA) is 69.9 Å². The Morgan fingerprint density at radius 2 is 2.04 bits per heavy atom. The van der Waals surface area contributed by atoms with Gasteiger partial charge in [0.1, 0.15) is 11.8 Å². The molecular formula is C16H13FN4O2. The molecule has 3 aromatic rings. The molecule has 0 radical (unpaired) electrons. The van der Waals surface area contributed by atoms with Crippen LogP contribution in [0.3, 0.4) is 0 Å². The molecule has 0 aliphatic carbocycles. The molecule has 1 atom stereocenters. The van der Waals surface area contributed by atoms with Crippen molar-refractivity contribution in [2.75, 3.05) is 0 Å². The monoisotopic (exact) mass is 312 g/mol. The molecule has 0 bridgehead atoms. The highest BCUT2D eigenvalue weighted by atomic mass is 19.1. The SMILES string of the molecule is CC(OC(=O)c1ccncc1F)c1cn(-c2ccccc2)nn1. The lowest BCUT2D eigenvalue weighted by molar-refractivity contribution is 0.0323. The molecule has 0 aliphatic rings. The second kappa shape index (κ2) is 6.35. The summed E-state index contributed by atoms with van der Waals surface area (Å²) in [4.78, 5) is 15.6. The molecule has 0 fully saturated rings. The van der Waals surface area contributed by atoms with Crippen molar-refractivity contribution >= 4 is 5.97 Å². The molecule has 116 valence electrons. The highest BCUT2D eigenvalue weighted by molar-refractivity contribution is 5.89. The highest BCUT2D eigenvalue weighted by Crippen LogP contribution is 2.18. The van der Waals surface area contributed by atoms with Gasteiger partial charge in [-0.15, -0.1) is 5.10 Å². The molecular weight excluding hydrogens is 299 g/mol. The van der Waals surface area contributed by atoms with E-state index in [1.54, 1.807) is 17.8 Å². The van der Waals surface area contributed by atoms with Crippen LogP contribution in [0, 0.1) is 5.82 Å². The van der Waals surface area contributed by atoms with E-state index >= 15 is 0 Å². The predicted molar refractivity (Wildman–Crippen MR) is 79.4 cm³/mol. The lowest BCUT2D eigenvalue weighted by atomic mass is 10.2. The molecule has 1 aromatic carbocycles. The van der Waals surface area contributed by atoms with E-state index < -0.39 is 17.9 Å². The first-order chi connectivity index (χ1) is 11.1. The predicted octanol–water partition coefficient (Wildman–Crippen LogP) is 2.72. The molecule has 0 saturated carbocycles. The van der Waals surface area contributed by atoms with Gasteiger partial charge in [-0.1, -0.05) is 23.4 Å². The number of ether oxygens (including phenoxy) is 1. The number of pyridine rings is 1. The first kappa shape index (κ1) is 14.8. The van der Waals surface area contributed by atoms with E-state index in [-0.39, 0.29) is 5.56 Å². The number of halogens is 1. The maximum absolute atomic E-state index is 13.5. The number of aromatic nitrogens is 4. The summed E-state index contributed by atoms with van der Waals surface area (Å²) in [6, 6.07) is 10.7. The van der Waals surface area contributed by atoms with Crippen molar-refractivity contribution in [1.82, 2.24) is 20.0 Å². The third kappa shape index (κ3) is 3.23. The maximum Gasteiger partial charge on any atom is 0.341 e. The van der Waals surface area contributed by atoms with Gasteiger partial charge in [-0.05, 0) is 25.1 Å². The average molecular weight is 312 g/mol. The fraction of sp³-hybridized carbons (Fsp3) is 0.125. The minimum Gasteiger partial charge on any atom is -0.452 e. The molecule has 0 aliphatic heterocycles. The van der Waals surface area contributed by atoms with E-state index in [0.717, 1.165) is 11.9 Å². The molecule has 7 heteroatoms. The van der Waals surface area contributed by atoms with Gasteiger partial charge in [-0.2, -0.15) is 0 Å². The average Bonchev–Trinajstić information content (AvgIpc) is 3.06. The van der Waals surface area contributed by atoms with Crippen molar-refractivity contribution in [2.45, 2.75) is 13.0 Å². The van der Waals surface area contributed by atoms with Gasteiger partial charge in [0.2, 0.25) is 0 Å².